The molecule has 0 heterocycles. The number of nitrogens with zero attached hydrogens (tertiary/aromatic N) is 1. The van der Waals surface area contributed by atoms with Gasteiger partial charge >= 0.3 is 0 Å². The van der Waals surface area contributed by atoms with Crippen molar-refractivity contribution in [2.45, 2.75) is 45.6 Å². The Kier molecular flexibility index (Phi) is 6.81. The van der Waals surface area contributed by atoms with E-state index in [0.717, 1.165) is 25.8 Å². The van der Waals surface area contributed by atoms with Crippen LogP contribution in [-0.2, 0) is 6.42 Å². The Morgan fingerprint density at radius 3 is 2.68 bits per heavy atom. The lowest BCUT2D eigenvalue weighted by Gasteiger charge is -2.18. The highest BCUT2D eigenvalue weighted by molar-refractivity contribution is 6.30. The molecule has 106 valence electrons. The van der Waals surface area contributed by atoms with Crippen molar-refractivity contribution in [3.8, 4) is 0 Å². The van der Waals surface area contributed by atoms with E-state index in [1.807, 2.05) is 0 Å². The number of nitro groups is 1. The van der Waals surface area contributed by atoms with Gasteiger partial charge in [0.05, 0.1) is 4.92 Å². The molecule has 19 heavy (non-hydrogen) atoms. The topological polar surface area (TPSA) is 55.2 Å². The van der Waals surface area contributed by atoms with Gasteiger partial charge in [-0.2, -0.15) is 0 Å². The highest BCUT2D eigenvalue weighted by Crippen LogP contribution is 2.24. The molecule has 0 spiro atoms. The Labute approximate surface area is 119 Å². The molecule has 0 saturated carbocycles. The first-order valence-electron chi connectivity index (χ1n) is 6.74. The standard InChI is InChI=1S/C14H21ClN2O2/c1-3-5-13(16-8-4-2)10-11-9-12(15)6-7-14(11)17(18)19/h6-7,9,13,16H,3-5,8,10H2,1-2H3. The van der Waals surface area contributed by atoms with E-state index in [-0.39, 0.29) is 16.7 Å². The van der Waals surface area contributed by atoms with Crippen molar-refractivity contribution in [2.75, 3.05) is 6.54 Å². The summed E-state index contributed by atoms with van der Waals surface area (Å²) >= 11 is 5.94. The van der Waals surface area contributed by atoms with E-state index in [1.165, 1.54) is 6.07 Å². The molecule has 0 fully saturated rings. The smallest absolute Gasteiger partial charge is 0.272 e. The SMILES string of the molecule is CCCNC(CCC)Cc1cc(Cl)ccc1[N+](=O)[O-]. The number of halogens is 1. The van der Waals surface area contributed by atoms with E-state index < -0.39 is 0 Å². The Hall–Kier alpha value is -1.13. The van der Waals surface area contributed by atoms with Crippen LogP contribution in [0.1, 0.15) is 38.7 Å². The molecule has 0 aromatic heterocycles. The summed E-state index contributed by atoms with van der Waals surface area (Å²) in [4.78, 5) is 10.7. The second kappa shape index (κ2) is 8.12. The fourth-order valence-corrected chi connectivity index (χ4v) is 2.33. The molecule has 0 aliphatic carbocycles. The molecule has 0 radical (unpaired) electrons. The van der Waals surface area contributed by atoms with Crippen molar-refractivity contribution in [3.63, 3.8) is 0 Å². The Morgan fingerprint density at radius 1 is 1.37 bits per heavy atom. The van der Waals surface area contributed by atoms with Gasteiger partial charge in [-0.15, -0.1) is 0 Å². The summed E-state index contributed by atoms with van der Waals surface area (Å²) in [7, 11) is 0. The molecule has 1 rings (SSSR count). The fraction of sp³-hybridized carbons (Fsp3) is 0.571. The molecule has 1 N–H and O–H groups in total. The normalized spacial score (nSPS) is 12.4. The summed E-state index contributed by atoms with van der Waals surface area (Å²) in [6.45, 7) is 5.16. The van der Waals surface area contributed by atoms with E-state index in [4.69, 9.17) is 11.6 Å². The van der Waals surface area contributed by atoms with Gasteiger partial charge in [-0.1, -0.05) is 31.9 Å². The zero-order chi connectivity index (χ0) is 14.3. The molecular weight excluding hydrogens is 264 g/mol. The first-order valence-corrected chi connectivity index (χ1v) is 7.12. The van der Waals surface area contributed by atoms with Gasteiger partial charge in [0.1, 0.15) is 0 Å². The lowest BCUT2D eigenvalue weighted by Crippen LogP contribution is -2.31. The number of nitrogens with one attached hydrogen (secondary N) is 1. The third-order valence-electron chi connectivity index (χ3n) is 3.02. The lowest BCUT2D eigenvalue weighted by atomic mass is 10.0. The third-order valence-corrected chi connectivity index (χ3v) is 3.26. The zero-order valence-corrected chi connectivity index (χ0v) is 12.2. The lowest BCUT2D eigenvalue weighted by molar-refractivity contribution is -0.385. The van der Waals surface area contributed by atoms with Gasteiger partial charge in [0.15, 0.2) is 0 Å². The van der Waals surface area contributed by atoms with Gasteiger partial charge in [-0.3, -0.25) is 10.1 Å². The maximum Gasteiger partial charge on any atom is 0.272 e. The predicted molar refractivity (Wildman–Crippen MR) is 78.8 cm³/mol. The monoisotopic (exact) mass is 284 g/mol. The van der Waals surface area contributed by atoms with Crippen LogP contribution >= 0.6 is 11.6 Å². The fourth-order valence-electron chi connectivity index (χ4n) is 2.13. The van der Waals surface area contributed by atoms with Crippen LogP contribution < -0.4 is 5.32 Å². The molecule has 5 heteroatoms. The van der Waals surface area contributed by atoms with E-state index in [1.54, 1.807) is 12.1 Å². The highest BCUT2D eigenvalue weighted by Gasteiger charge is 2.17. The molecule has 0 aliphatic rings. The van der Waals surface area contributed by atoms with Crippen LogP contribution in [0.15, 0.2) is 18.2 Å². The number of hydrogen-bond acceptors (Lipinski definition) is 3. The number of hydrogen-bond donors (Lipinski definition) is 1. The molecule has 1 aromatic rings. The van der Waals surface area contributed by atoms with Crippen LogP contribution in [0.5, 0.6) is 0 Å². The average Bonchev–Trinajstić information content (AvgIpc) is 2.36. The van der Waals surface area contributed by atoms with E-state index in [2.05, 4.69) is 19.2 Å². The van der Waals surface area contributed by atoms with E-state index in [9.17, 15) is 10.1 Å². The Bertz CT molecular complexity index is 424. The molecule has 1 atom stereocenters. The van der Waals surface area contributed by atoms with E-state index in [0.29, 0.717) is 17.0 Å². The van der Waals surface area contributed by atoms with Crippen molar-refractivity contribution in [1.29, 1.82) is 0 Å². The summed E-state index contributed by atoms with van der Waals surface area (Å²) in [5.41, 5.74) is 0.864. The molecule has 0 bridgehead atoms. The Balaban J connectivity index is 2.87. The molecule has 0 amide bonds. The second-order valence-electron chi connectivity index (χ2n) is 4.67. The minimum Gasteiger partial charge on any atom is -0.314 e. The number of nitro benzene ring substituents is 1. The van der Waals surface area contributed by atoms with Crippen molar-refractivity contribution < 1.29 is 4.92 Å². The van der Waals surface area contributed by atoms with Crippen molar-refractivity contribution >= 4 is 17.3 Å². The molecule has 4 nitrogen and oxygen atoms in total. The average molecular weight is 285 g/mol. The highest BCUT2D eigenvalue weighted by atomic mass is 35.5. The minimum atomic E-state index is -0.339. The van der Waals surface area contributed by atoms with E-state index >= 15 is 0 Å². The predicted octanol–water partition coefficient (Wildman–Crippen LogP) is 3.96. The Morgan fingerprint density at radius 2 is 2.11 bits per heavy atom. The molecule has 0 saturated heterocycles. The zero-order valence-electron chi connectivity index (χ0n) is 11.5. The minimum absolute atomic E-state index is 0.156. The largest absolute Gasteiger partial charge is 0.314 e. The molecular formula is C14H21ClN2O2. The van der Waals surface area contributed by atoms with Gasteiger partial charge < -0.3 is 5.32 Å². The summed E-state index contributed by atoms with van der Waals surface area (Å²) in [6.07, 6.45) is 3.75. The van der Waals surface area contributed by atoms with Crippen LogP contribution in [0, 0.1) is 10.1 Å². The van der Waals surface area contributed by atoms with Crippen LogP contribution in [0.25, 0.3) is 0 Å². The van der Waals surface area contributed by atoms with Crippen LogP contribution in [0.2, 0.25) is 5.02 Å². The van der Waals surface area contributed by atoms with Crippen LogP contribution in [-0.4, -0.2) is 17.5 Å². The maximum atomic E-state index is 11.0. The van der Waals surface area contributed by atoms with Crippen molar-refractivity contribution in [3.05, 3.63) is 38.9 Å². The second-order valence-corrected chi connectivity index (χ2v) is 5.11. The number of rotatable bonds is 8. The summed E-state index contributed by atoms with van der Waals surface area (Å²) in [5.74, 6) is 0. The van der Waals surface area contributed by atoms with Crippen LogP contribution in [0.4, 0.5) is 5.69 Å². The maximum absolute atomic E-state index is 11.0. The van der Waals surface area contributed by atoms with Gasteiger partial charge in [0.2, 0.25) is 0 Å². The quantitative estimate of drug-likeness (QED) is 0.581. The van der Waals surface area contributed by atoms with Gasteiger partial charge in [0, 0.05) is 22.7 Å². The first kappa shape index (κ1) is 15.9. The van der Waals surface area contributed by atoms with Crippen LogP contribution in [0.3, 0.4) is 0 Å². The summed E-state index contributed by atoms with van der Waals surface area (Å²) < 4.78 is 0. The molecule has 0 aliphatic heterocycles. The third kappa shape index (κ3) is 5.17. The number of benzene rings is 1. The molecule has 1 aromatic carbocycles. The molecule has 1 unspecified atom stereocenters. The van der Waals surface area contributed by atoms with Gasteiger partial charge in [-0.25, -0.2) is 0 Å². The van der Waals surface area contributed by atoms with Gasteiger partial charge in [0.25, 0.3) is 5.69 Å². The van der Waals surface area contributed by atoms with Crippen molar-refractivity contribution in [1.82, 2.24) is 5.32 Å². The van der Waals surface area contributed by atoms with Gasteiger partial charge in [-0.05, 0) is 37.9 Å². The first-order chi connectivity index (χ1) is 9.08. The summed E-state index contributed by atoms with van der Waals surface area (Å²) in [5, 5.41) is 15.0. The summed E-state index contributed by atoms with van der Waals surface area (Å²) in [6, 6.07) is 5.02. The van der Waals surface area contributed by atoms with Crippen molar-refractivity contribution in [2.24, 2.45) is 0 Å².